The van der Waals surface area contributed by atoms with Crippen molar-refractivity contribution >= 4 is 17.2 Å². The molecule has 1 unspecified atom stereocenters. The molecule has 1 aromatic heterocycles. The average molecular weight is 251 g/mol. The predicted octanol–water partition coefficient (Wildman–Crippen LogP) is 1.87. The molecule has 0 spiro atoms. The van der Waals surface area contributed by atoms with Gasteiger partial charge in [0.15, 0.2) is 0 Å². The van der Waals surface area contributed by atoms with Crippen molar-refractivity contribution in [3.05, 3.63) is 21.9 Å². The maximum Gasteiger partial charge on any atom is 0.252 e. The van der Waals surface area contributed by atoms with Crippen LogP contribution in [0.1, 0.15) is 35.5 Å². The maximum absolute atomic E-state index is 11.8. The molecule has 0 bridgehead atoms. The molecule has 0 aliphatic carbocycles. The van der Waals surface area contributed by atoms with E-state index in [1.807, 2.05) is 0 Å². The minimum atomic E-state index is -0.159. The van der Waals surface area contributed by atoms with Crippen LogP contribution in [-0.4, -0.2) is 24.2 Å². The molecule has 0 fully saturated rings. The summed E-state index contributed by atoms with van der Waals surface area (Å²) in [4.78, 5) is 12.5. The van der Waals surface area contributed by atoms with Crippen LogP contribution in [0.4, 0.5) is 0 Å². The van der Waals surface area contributed by atoms with Gasteiger partial charge in [0.05, 0.1) is 10.4 Å². The van der Waals surface area contributed by atoms with Crippen LogP contribution in [0, 0.1) is 17.8 Å². The van der Waals surface area contributed by atoms with Gasteiger partial charge in [0.25, 0.3) is 5.91 Å². The van der Waals surface area contributed by atoms with E-state index in [9.17, 15) is 4.79 Å². The normalized spacial score (nSPS) is 11.5. The van der Waals surface area contributed by atoms with E-state index in [0.29, 0.717) is 18.0 Å². The van der Waals surface area contributed by atoms with Crippen molar-refractivity contribution in [2.24, 2.45) is 5.92 Å². The van der Waals surface area contributed by atoms with Gasteiger partial charge in [0.2, 0.25) is 0 Å². The Morgan fingerprint density at radius 1 is 1.65 bits per heavy atom. The molecular weight excluding hydrogens is 234 g/mol. The Morgan fingerprint density at radius 3 is 3.06 bits per heavy atom. The summed E-state index contributed by atoms with van der Waals surface area (Å²) in [5.74, 6) is 5.78. The third-order valence-electron chi connectivity index (χ3n) is 2.46. The number of carbonyl (C=O) groups is 1. The number of hydrogen-bond donors (Lipinski definition) is 2. The van der Waals surface area contributed by atoms with Crippen molar-refractivity contribution in [3.8, 4) is 11.8 Å². The van der Waals surface area contributed by atoms with Gasteiger partial charge in [-0.15, -0.1) is 11.3 Å². The van der Waals surface area contributed by atoms with E-state index in [1.165, 1.54) is 11.3 Å². The molecule has 0 saturated heterocycles. The maximum atomic E-state index is 11.8. The third kappa shape index (κ3) is 4.59. The van der Waals surface area contributed by atoms with Crippen molar-refractivity contribution in [1.29, 1.82) is 0 Å². The molecule has 17 heavy (non-hydrogen) atoms. The van der Waals surface area contributed by atoms with Crippen LogP contribution >= 0.6 is 11.3 Å². The fraction of sp³-hybridized carbons (Fsp3) is 0.462. The van der Waals surface area contributed by atoms with E-state index < -0.39 is 0 Å². The first kappa shape index (κ1) is 13.8. The summed E-state index contributed by atoms with van der Waals surface area (Å²) < 4.78 is 0. The molecule has 0 aliphatic rings. The lowest BCUT2D eigenvalue weighted by Gasteiger charge is -2.08. The molecule has 3 nitrogen and oxygen atoms in total. The summed E-state index contributed by atoms with van der Waals surface area (Å²) in [5.41, 5.74) is 0.639. The molecule has 1 heterocycles. The number of thiophene rings is 1. The Morgan fingerprint density at radius 2 is 2.41 bits per heavy atom. The average Bonchev–Trinajstić information content (AvgIpc) is 2.81. The summed E-state index contributed by atoms with van der Waals surface area (Å²) >= 11 is 1.41. The highest BCUT2D eigenvalue weighted by atomic mass is 32.1. The zero-order valence-corrected chi connectivity index (χ0v) is 10.9. The number of hydrogen-bond acceptors (Lipinski definition) is 3. The van der Waals surface area contributed by atoms with Gasteiger partial charge in [-0.25, -0.2) is 0 Å². The fourth-order valence-corrected chi connectivity index (χ4v) is 1.92. The van der Waals surface area contributed by atoms with Gasteiger partial charge >= 0.3 is 0 Å². The summed E-state index contributed by atoms with van der Waals surface area (Å²) in [7, 11) is 0. The smallest absolute Gasteiger partial charge is 0.252 e. The number of carbonyl (C=O) groups excluding carboxylic acids is 1. The molecule has 2 N–H and O–H groups in total. The van der Waals surface area contributed by atoms with Gasteiger partial charge in [-0.2, -0.15) is 0 Å². The summed E-state index contributed by atoms with van der Waals surface area (Å²) in [6, 6.07) is 1.75. The van der Waals surface area contributed by atoms with Crippen LogP contribution in [-0.2, 0) is 0 Å². The molecule has 1 rings (SSSR count). The van der Waals surface area contributed by atoms with Gasteiger partial charge in [-0.1, -0.05) is 32.1 Å². The first-order chi connectivity index (χ1) is 8.17. The lowest BCUT2D eigenvalue weighted by Crippen LogP contribution is -2.27. The Balaban J connectivity index is 2.55. The van der Waals surface area contributed by atoms with Crippen molar-refractivity contribution in [2.75, 3.05) is 13.2 Å². The number of nitrogens with one attached hydrogen (secondary N) is 1. The van der Waals surface area contributed by atoms with Crippen molar-refractivity contribution < 1.29 is 9.90 Å². The van der Waals surface area contributed by atoms with Gasteiger partial charge < -0.3 is 10.4 Å². The molecule has 1 aromatic rings. The third-order valence-corrected chi connectivity index (χ3v) is 3.31. The number of rotatable bonds is 4. The van der Waals surface area contributed by atoms with E-state index in [0.717, 1.165) is 11.3 Å². The van der Waals surface area contributed by atoms with Gasteiger partial charge in [-0.3, -0.25) is 4.79 Å². The van der Waals surface area contributed by atoms with Crippen LogP contribution in [0.3, 0.4) is 0 Å². The number of aliphatic hydroxyl groups is 1. The molecule has 1 atom stereocenters. The Hall–Kier alpha value is -1.31. The highest BCUT2D eigenvalue weighted by Crippen LogP contribution is 2.13. The van der Waals surface area contributed by atoms with Crippen LogP contribution in [0.15, 0.2) is 11.4 Å². The molecular formula is C13H17NO2S. The highest BCUT2D eigenvalue weighted by molar-refractivity contribution is 7.10. The van der Waals surface area contributed by atoms with E-state index in [1.54, 1.807) is 11.4 Å². The summed E-state index contributed by atoms with van der Waals surface area (Å²) in [6.45, 7) is 4.74. The Kier molecular flexibility index (Phi) is 5.75. The summed E-state index contributed by atoms with van der Waals surface area (Å²) in [6.07, 6.45) is 1.05. The van der Waals surface area contributed by atoms with E-state index in [-0.39, 0.29) is 12.5 Å². The van der Waals surface area contributed by atoms with Crippen LogP contribution in [0.25, 0.3) is 0 Å². The minimum absolute atomic E-state index is 0.0569. The van der Waals surface area contributed by atoms with Crippen LogP contribution < -0.4 is 5.32 Å². The van der Waals surface area contributed by atoms with Gasteiger partial charge in [-0.05, 0) is 12.0 Å². The number of amides is 1. The van der Waals surface area contributed by atoms with Crippen molar-refractivity contribution in [1.82, 2.24) is 5.32 Å². The highest BCUT2D eigenvalue weighted by Gasteiger charge is 2.08. The summed E-state index contributed by atoms with van der Waals surface area (Å²) in [5, 5.41) is 13.2. The second-order valence-corrected chi connectivity index (χ2v) is 4.79. The fourth-order valence-electron chi connectivity index (χ4n) is 1.16. The first-order valence-electron chi connectivity index (χ1n) is 5.63. The molecule has 1 amide bonds. The van der Waals surface area contributed by atoms with E-state index >= 15 is 0 Å². The Bertz CT molecular complexity index is 428. The standard InChI is InChI=1S/C13H17NO2S/c1-3-10(2)8-14-13(16)11-7-12(17-9-11)5-4-6-15/h7,9-10,15H,3,6,8H2,1-2H3,(H,14,16). The quantitative estimate of drug-likeness (QED) is 0.803. The topological polar surface area (TPSA) is 49.3 Å². The molecule has 0 aromatic carbocycles. The molecule has 0 saturated carbocycles. The second-order valence-electron chi connectivity index (χ2n) is 3.88. The minimum Gasteiger partial charge on any atom is -0.384 e. The zero-order valence-electron chi connectivity index (χ0n) is 10.1. The van der Waals surface area contributed by atoms with Crippen molar-refractivity contribution in [2.45, 2.75) is 20.3 Å². The lowest BCUT2D eigenvalue weighted by molar-refractivity contribution is 0.0948. The predicted molar refractivity (Wildman–Crippen MR) is 70.1 cm³/mol. The first-order valence-corrected chi connectivity index (χ1v) is 6.51. The van der Waals surface area contributed by atoms with Crippen LogP contribution in [0.5, 0.6) is 0 Å². The molecule has 0 aliphatic heterocycles. The van der Waals surface area contributed by atoms with Crippen molar-refractivity contribution in [3.63, 3.8) is 0 Å². The largest absolute Gasteiger partial charge is 0.384 e. The molecule has 4 heteroatoms. The monoisotopic (exact) mass is 251 g/mol. The SMILES string of the molecule is CCC(C)CNC(=O)c1csc(C#CCO)c1. The molecule has 92 valence electrons. The van der Waals surface area contributed by atoms with E-state index in [2.05, 4.69) is 31.0 Å². The van der Waals surface area contributed by atoms with Gasteiger partial charge in [0.1, 0.15) is 6.61 Å². The zero-order chi connectivity index (χ0) is 12.7. The molecule has 0 radical (unpaired) electrons. The Labute approximate surface area is 106 Å². The van der Waals surface area contributed by atoms with Gasteiger partial charge in [0, 0.05) is 11.9 Å². The number of aliphatic hydroxyl groups excluding tert-OH is 1. The van der Waals surface area contributed by atoms with Crippen LogP contribution in [0.2, 0.25) is 0 Å². The van der Waals surface area contributed by atoms with E-state index in [4.69, 9.17) is 5.11 Å². The lowest BCUT2D eigenvalue weighted by atomic mass is 10.1. The second kappa shape index (κ2) is 7.10.